The number of nitrogens with one attached hydrogen (secondary N) is 1. The van der Waals surface area contributed by atoms with Crippen LogP contribution in [0.3, 0.4) is 0 Å². The van der Waals surface area contributed by atoms with E-state index in [-0.39, 0.29) is 17.0 Å². The molecule has 1 N–H and O–H groups in total. The number of halogens is 1. The van der Waals surface area contributed by atoms with Crippen LogP contribution in [0.2, 0.25) is 0 Å². The molecule has 0 aromatic carbocycles. The first-order chi connectivity index (χ1) is 13.7. The molecule has 0 bridgehead atoms. The molecule has 0 aliphatic heterocycles. The van der Waals surface area contributed by atoms with Gasteiger partial charge < -0.3 is 26.8 Å². The molecule has 4 heteroatoms. The Morgan fingerprint density at radius 1 is 0.517 bits per heavy atom. The van der Waals surface area contributed by atoms with Crippen LogP contribution in [0.4, 0.5) is 0 Å². The summed E-state index contributed by atoms with van der Waals surface area (Å²) in [5.74, 6) is 1.06. The average molecular weight is 496 g/mol. The van der Waals surface area contributed by atoms with Crippen LogP contribution in [0, 0.1) is 0 Å². The number of hydrogen-bond acceptors (Lipinski definition) is 2. The number of nitrogens with zero attached hydrogens (tertiary/aromatic N) is 1. The smallest absolute Gasteiger partial charge is 0.0787 e. The summed E-state index contributed by atoms with van der Waals surface area (Å²) in [7, 11) is 0. The highest BCUT2D eigenvalue weighted by molar-refractivity contribution is 7.80. The predicted molar refractivity (Wildman–Crippen MR) is 133 cm³/mol. The van der Waals surface area contributed by atoms with Gasteiger partial charge in [0.05, 0.1) is 26.2 Å². The number of quaternary nitrogens is 1. The number of unbranched alkanes of at least 4 members (excludes halogenated alkanes) is 10. The Kier molecular flexibility index (Phi) is 27.5. The highest BCUT2D eigenvalue weighted by Crippen LogP contribution is 2.18. The molecular formula is C25H55BrN2S. The van der Waals surface area contributed by atoms with E-state index in [2.05, 4.69) is 38.7 Å². The Morgan fingerprint density at radius 3 is 1.55 bits per heavy atom. The van der Waals surface area contributed by atoms with Gasteiger partial charge in [-0.2, -0.15) is 12.6 Å². The molecule has 0 fully saturated rings. The van der Waals surface area contributed by atoms with Gasteiger partial charge in [-0.25, -0.2) is 0 Å². The molecule has 0 saturated carbocycles. The van der Waals surface area contributed by atoms with Gasteiger partial charge in [0.15, 0.2) is 0 Å². The highest BCUT2D eigenvalue weighted by atomic mass is 79.9. The maximum absolute atomic E-state index is 4.33. The van der Waals surface area contributed by atoms with E-state index >= 15 is 0 Å². The van der Waals surface area contributed by atoms with Crippen molar-refractivity contribution in [3.05, 3.63) is 0 Å². The van der Waals surface area contributed by atoms with Crippen molar-refractivity contribution < 1.29 is 21.5 Å². The van der Waals surface area contributed by atoms with Gasteiger partial charge in [-0.3, -0.25) is 0 Å². The molecular weight excluding hydrogens is 440 g/mol. The third-order valence-electron chi connectivity index (χ3n) is 6.18. The minimum Gasteiger partial charge on any atom is -1.00 e. The van der Waals surface area contributed by atoms with E-state index < -0.39 is 0 Å². The molecule has 0 aromatic rings. The Morgan fingerprint density at radius 2 is 1.00 bits per heavy atom. The summed E-state index contributed by atoms with van der Waals surface area (Å²) in [6.07, 6.45) is 20.8. The van der Waals surface area contributed by atoms with Crippen molar-refractivity contribution in [2.45, 2.75) is 117 Å². The molecule has 0 aromatic heterocycles. The maximum atomic E-state index is 4.33. The third-order valence-corrected chi connectivity index (χ3v) is 6.49. The van der Waals surface area contributed by atoms with Crippen LogP contribution >= 0.6 is 12.6 Å². The highest BCUT2D eigenvalue weighted by Gasteiger charge is 2.25. The summed E-state index contributed by atoms with van der Waals surface area (Å²) in [6, 6.07) is 0. The van der Waals surface area contributed by atoms with E-state index in [9.17, 15) is 0 Å². The molecule has 0 aliphatic rings. The van der Waals surface area contributed by atoms with Gasteiger partial charge in [-0.1, -0.05) is 59.3 Å². The zero-order chi connectivity index (χ0) is 20.8. The van der Waals surface area contributed by atoms with Gasteiger partial charge in [0, 0.05) is 0 Å². The first kappa shape index (κ1) is 31.9. The van der Waals surface area contributed by atoms with Crippen molar-refractivity contribution in [3.8, 4) is 0 Å². The molecule has 1 atom stereocenters. The molecule has 2 nitrogen and oxygen atoms in total. The van der Waals surface area contributed by atoms with Crippen molar-refractivity contribution in [2.24, 2.45) is 0 Å². The van der Waals surface area contributed by atoms with E-state index in [1.54, 1.807) is 0 Å². The van der Waals surface area contributed by atoms with E-state index in [1.807, 2.05) is 0 Å². The maximum Gasteiger partial charge on any atom is 0.0787 e. The first-order valence-electron chi connectivity index (χ1n) is 12.9. The Hall–Kier alpha value is 0.750. The number of thiol groups is 1. The lowest BCUT2D eigenvalue weighted by Crippen LogP contribution is -3.00. The second-order valence-electron chi connectivity index (χ2n) is 8.95. The molecule has 29 heavy (non-hydrogen) atoms. The van der Waals surface area contributed by atoms with Crippen molar-refractivity contribution in [3.63, 3.8) is 0 Å². The van der Waals surface area contributed by atoms with E-state index in [0.717, 1.165) is 5.75 Å². The standard InChI is InChI=1S/C25H54N2S.BrH/c1-4-7-9-15-22-27(21-8-5-2,24-17-14-20-26-19-6-3)23-16-12-10-11-13-18-25-28;/h26H,4-25H2,1-3H3;1H. The van der Waals surface area contributed by atoms with Crippen molar-refractivity contribution in [2.75, 3.05) is 45.0 Å². The van der Waals surface area contributed by atoms with Gasteiger partial charge in [-0.15, -0.1) is 0 Å². The second kappa shape index (κ2) is 25.0. The summed E-state index contributed by atoms with van der Waals surface area (Å²) >= 11 is 4.33. The summed E-state index contributed by atoms with van der Waals surface area (Å²) in [5, 5.41) is 3.59. The zero-order valence-corrected chi connectivity index (χ0v) is 22.8. The van der Waals surface area contributed by atoms with Gasteiger partial charge in [0.25, 0.3) is 0 Å². The average Bonchev–Trinajstić information content (AvgIpc) is 2.71. The quantitative estimate of drug-likeness (QED) is 0.123. The molecule has 0 heterocycles. The fraction of sp³-hybridized carbons (Fsp3) is 1.00. The largest absolute Gasteiger partial charge is 1.00 e. The monoisotopic (exact) mass is 494 g/mol. The van der Waals surface area contributed by atoms with Crippen LogP contribution in [-0.2, 0) is 0 Å². The first-order valence-corrected chi connectivity index (χ1v) is 13.5. The molecule has 0 aliphatic carbocycles. The van der Waals surface area contributed by atoms with Crippen LogP contribution < -0.4 is 22.3 Å². The van der Waals surface area contributed by atoms with E-state index in [0.29, 0.717) is 0 Å². The fourth-order valence-corrected chi connectivity index (χ4v) is 4.53. The number of rotatable bonds is 23. The lowest BCUT2D eigenvalue weighted by molar-refractivity contribution is -0.929. The Bertz CT molecular complexity index is 305. The predicted octanol–water partition coefficient (Wildman–Crippen LogP) is 4.24. The van der Waals surface area contributed by atoms with E-state index in [4.69, 9.17) is 0 Å². The lowest BCUT2D eigenvalue weighted by atomic mass is 10.1. The van der Waals surface area contributed by atoms with Gasteiger partial charge in [-0.05, 0) is 76.6 Å². The summed E-state index contributed by atoms with van der Waals surface area (Å²) in [5.41, 5.74) is 0. The topological polar surface area (TPSA) is 12.0 Å². The van der Waals surface area contributed by atoms with Gasteiger partial charge in [0.1, 0.15) is 0 Å². The van der Waals surface area contributed by atoms with Gasteiger partial charge in [0.2, 0.25) is 0 Å². The van der Waals surface area contributed by atoms with Crippen LogP contribution in [0.25, 0.3) is 0 Å². The molecule has 0 spiro atoms. The normalized spacial score (nSPS) is 13.2. The van der Waals surface area contributed by atoms with Gasteiger partial charge >= 0.3 is 0 Å². The van der Waals surface area contributed by atoms with Crippen LogP contribution in [0.1, 0.15) is 117 Å². The molecule has 1 unspecified atom stereocenters. The van der Waals surface area contributed by atoms with Crippen molar-refractivity contribution >= 4 is 12.6 Å². The minimum atomic E-state index is 0. The fourth-order valence-electron chi connectivity index (χ4n) is 4.30. The SMILES string of the molecule is CCCCCC[N+](CCCC)(CCCCCCCCS)CCCCNCCC.[Br-]. The summed E-state index contributed by atoms with van der Waals surface area (Å²) < 4.78 is 1.42. The lowest BCUT2D eigenvalue weighted by Gasteiger charge is -2.39. The van der Waals surface area contributed by atoms with Crippen LogP contribution in [0.5, 0.6) is 0 Å². The second-order valence-corrected chi connectivity index (χ2v) is 9.40. The van der Waals surface area contributed by atoms with Crippen LogP contribution in [0.15, 0.2) is 0 Å². The minimum absolute atomic E-state index is 0. The molecule has 0 amide bonds. The van der Waals surface area contributed by atoms with Crippen molar-refractivity contribution in [1.82, 2.24) is 5.32 Å². The summed E-state index contributed by atoms with van der Waals surface area (Å²) in [6.45, 7) is 15.0. The zero-order valence-electron chi connectivity index (χ0n) is 20.3. The molecule has 0 radical (unpaired) electrons. The van der Waals surface area contributed by atoms with Crippen molar-refractivity contribution in [1.29, 1.82) is 0 Å². The van der Waals surface area contributed by atoms with Crippen LogP contribution in [-0.4, -0.2) is 49.5 Å². The Balaban J connectivity index is 0. The summed E-state index contributed by atoms with van der Waals surface area (Å²) in [4.78, 5) is 0. The third kappa shape index (κ3) is 20.4. The molecule has 178 valence electrons. The Labute approximate surface area is 201 Å². The van der Waals surface area contributed by atoms with E-state index in [1.165, 1.54) is 140 Å². The number of hydrogen-bond donors (Lipinski definition) is 2. The molecule has 0 saturated heterocycles. The molecule has 0 rings (SSSR count).